The molecule has 5 nitrogen and oxygen atoms in total. The van der Waals surface area contributed by atoms with Gasteiger partial charge in [0.15, 0.2) is 0 Å². The van der Waals surface area contributed by atoms with Gasteiger partial charge in [-0.25, -0.2) is 0 Å². The molecule has 1 atom stereocenters. The van der Waals surface area contributed by atoms with Crippen molar-refractivity contribution in [3.63, 3.8) is 0 Å². The Bertz CT molecular complexity index is 477. The van der Waals surface area contributed by atoms with Gasteiger partial charge in [0.05, 0.1) is 21.7 Å². The van der Waals surface area contributed by atoms with Crippen LogP contribution in [0.15, 0.2) is 11.4 Å². The SMILES string of the molecule is CCNC(=O)C1COCCN1C(=O)c1csc(I)c1. The van der Waals surface area contributed by atoms with Crippen molar-refractivity contribution in [3.05, 3.63) is 19.9 Å². The zero-order valence-electron chi connectivity index (χ0n) is 10.5. The number of ether oxygens (including phenoxy) is 1. The Kier molecular flexibility index (Phi) is 5.17. The van der Waals surface area contributed by atoms with E-state index < -0.39 is 6.04 Å². The molecule has 0 aliphatic carbocycles. The molecule has 0 saturated carbocycles. The van der Waals surface area contributed by atoms with E-state index in [1.54, 1.807) is 4.90 Å². The van der Waals surface area contributed by atoms with Crippen LogP contribution in [0, 0.1) is 2.88 Å². The van der Waals surface area contributed by atoms with E-state index >= 15 is 0 Å². The number of rotatable bonds is 3. The van der Waals surface area contributed by atoms with E-state index in [0.29, 0.717) is 25.3 Å². The second-order valence-electron chi connectivity index (χ2n) is 4.12. The van der Waals surface area contributed by atoms with E-state index in [1.807, 2.05) is 18.4 Å². The first-order valence-corrected chi connectivity index (χ1v) is 7.99. The van der Waals surface area contributed by atoms with Crippen LogP contribution in [0.2, 0.25) is 0 Å². The second kappa shape index (κ2) is 6.67. The summed E-state index contributed by atoms with van der Waals surface area (Å²) in [6.07, 6.45) is 0. The van der Waals surface area contributed by atoms with Crippen LogP contribution >= 0.6 is 33.9 Å². The Morgan fingerprint density at radius 1 is 1.63 bits per heavy atom. The van der Waals surface area contributed by atoms with Gasteiger partial charge >= 0.3 is 0 Å². The lowest BCUT2D eigenvalue weighted by molar-refractivity contribution is -0.130. The van der Waals surface area contributed by atoms with Crippen molar-refractivity contribution in [2.75, 3.05) is 26.3 Å². The minimum atomic E-state index is -0.529. The third-order valence-corrected chi connectivity index (χ3v) is 4.65. The highest BCUT2D eigenvalue weighted by atomic mass is 127. The number of hydrogen-bond donors (Lipinski definition) is 1. The molecule has 2 amide bonds. The van der Waals surface area contributed by atoms with Crippen LogP contribution < -0.4 is 5.32 Å². The number of morpholine rings is 1. The fraction of sp³-hybridized carbons (Fsp3) is 0.500. The first kappa shape index (κ1) is 14.7. The van der Waals surface area contributed by atoms with Gasteiger partial charge in [0.25, 0.3) is 5.91 Å². The largest absolute Gasteiger partial charge is 0.377 e. The molecule has 2 heterocycles. The van der Waals surface area contributed by atoms with Gasteiger partial charge in [-0.1, -0.05) is 0 Å². The van der Waals surface area contributed by atoms with E-state index in [1.165, 1.54) is 11.3 Å². The normalized spacial score (nSPS) is 19.3. The number of carbonyl (C=O) groups is 2. The van der Waals surface area contributed by atoms with E-state index in [9.17, 15) is 9.59 Å². The molecule has 1 aromatic rings. The van der Waals surface area contributed by atoms with Crippen molar-refractivity contribution < 1.29 is 14.3 Å². The van der Waals surface area contributed by atoms with Crippen LogP contribution in [0.1, 0.15) is 17.3 Å². The molecule has 1 aromatic heterocycles. The second-order valence-corrected chi connectivity index (χ2v) is 6.93. The zero-order valence-corrected chi connectivity index (χ0v) is 13.5. The summed E-state index contributed by atoms with van der Waals surface area (Å²) in [4.78, 5) is 26.0. The fourth-order valence-corrected chi connectivity index (χ4v) is 3.26. The Morgan fingerprint density at radius 3 is 3.05 bits per heavy atom. The van der Waals surface area contributed by atoms with Gasteiger partial charge < -0.3 is 15.0 Å². The van der Waals surface area contributed by atoms with Gasteiger partial charge in [0.2, 0.25) is 5.91 Å². The topological polar surface area (TPSA) is 58.6 Å². The Hall–Kier alpha value is -0.670. The molecule has 7 heteroatoms. The van der Waals surface area contributed by atoms with E-state index in [2.05, 4.69) is 27.9 Å². The number of thiophene rings is 1. The number of hydrogen-bond acceptors (Lipinski definition) is 4. The van der Waals surface area contributed by atoms with Crippen molar-refractivity contribution in [2.45, 2.75) is 13.0 Å². The molecule has 0 radical (unpaired) electrons. The molecule has 1 fully saturated rings. The lowest BCUT2D eigenvalue weighted by Crippen LogP contribution is -2.55. The molecule has 1 N–H and O–H groups in total. The lowest BCUT2D eigenvalue weighted by atomic mass is 10.1. The van der Waals surface area contributed by atoms with Crippen LogP contribution in [0.5, 0.6) is 0 Å². The van der Waals surface area contributed by atoms with Gasteiger partial charge in [-0.2, -0.15) is 0 Å². The fourth-order valence-electron chi connectivity index (χ4n) is 1.94. The van der Waals surface area contributed by atoms with Crippen molar-refractivity contribution >= 4 is 45.7 Å². The summed E-state index contributed by atoms with van der Waals surface area (Å²) in [5.74, 6) is -0.251. The summed E-state index contributed by atoms with van der Waals surface area (Å²) in [6.45, 7) is 3.59. The van der Waals surface area contributed by atoms with Crippen molar-refractivity contribution in [1.29, 1.82) is 0 Å². The first-order chi connectivity index (χ1) is 9.13. The molecule has 0 spiro atoms. The van der Waals surface area contributed by atoms with Crippen LogP contribution in [0.3, 0.4) is 0 Å². The maximum atomic E-state index is 12.4. The average Bonchev–Trinajstić information content (AvgIpc) is 2.85. The molecule has 1 aliphatic rings. The summed E-state index contributed by atoms with van der Waals surface area (Å²) < 4.78 is 6.38. The van der Waals surface area contributed by atoms with Crippen LogP contribution in [-0.4, -0.2) is 49.1 Å². The molecule has 1 unspecified atom stereocenters. The van der Waals surface area contributed by atoms with E-state index in [4.69, 9.17) is 4.74 Å². The Morgan fingerprint density at radius 2 is 2.42 bits per heavy atom. The van der Waals surface area contributed by atoms with Crippen LogP contribution in [0.25, 0.3) is 0 Å². The minimum absolute atomic E-state index is 0.0984. The molecule has 19 heavy (non-hydrogen) atoms. The zero-order chi connectivity index (χ0) is 13.8. The highest BCUT2D eigenvalue weighted by molar-refractivity contribution is 14.1. The number of nitrogens with one attached hydrogen (secondary N) is 1. The Balaban J connectivity index is 2.15. The van der Waals surface area contributed by atoms with Gasteiger partial charge in [-0.15, -0.1) is 11.3 Å². The number of likely N-dealkylation sites (N-methyl/N-ethyl adjacent to an activating group) is 1. The van der Waals surface area contributed by atoms with Gasteiger partial charge in [-0.05, 0) is 35.6 Å². The summed E-state index contributed by atoms with van der Waals surface area (Å²) in [6, 6.07) is 1.32. The minimum Gasteiger partial charge on any atom is -0.377 e. The van der Waals surface area contributed by atoms with Gasteiger partial charge in [-0.3, -0.25) is 9.59 Å². The Labute approximate surface area is 129 Å². The highest BCUT2D eigenvalue weighted by Crippen LogP contribution is 2.20. The number of nitrogens with zero attached hydrogens (tertiary/aromatic N) is 1. The standard InChI is InChI=1S/C12H15IN2O3S/c1-2-14-11(16)9-6-18-4-3-15(9)12(17)8-5-10(13)19-7-8/h5,7,9H,2-4,6H2,1H3,(H,14,16). The molecule has 1 saturated heterocycles. The predicted molar refractivity (Wildman–Crippen MR) is 81.4 cm³/mol. The molecule has 2 rings (SSSR count). The molecular formula is C12H15IN2O3S. The summed E-state index contributed by atoms with van der Waals surface area (Å²) >= 11 is 3.70. The van der Waals surface area contributed by atoms with Crippen molar-refractivity contribution in [1.82, 2.24) is 10.2 Å². The molecule has 1 aliphatic heterocycles. The maximum Gasteiger partial charge on any atom is 0.255 e. The van der Waals surface area contributed by atoms with Crippen molar-refractivity contribution in [2.24, 2.45) is 0 Å². The molecule has 104 valence electrons. The molecule has 0 aromatic carbocycles. The number of halogens is 1. The quantitative estimate of drug-likeness (QED) is 0.788. The monoisotopic (exact) mass is 394 g/mol. The summed E-state index contributed by atoms with van der Waals surface area (Å²) in [5, 5.41) is 4.57. The number of amides is 2. The first-order valence-electron chi connectivity index (χ1n) is 6.04. The van der Waals surface area contributed by atoms with Gasteiger partial charge in [0.1, 0.15) is 6.04 Å². The van der Waals surface area contributed by atoms with E-state index in [-0.39, 0.29) is 18.4 Å². The predicted octanol–water partition coefficient (Wildman–Crippen LogP) is 1.33. The summed E-state index contributed by atoms with van der Waals surface area (Å²) in [5.41, 5.74) is 0.644. The average molecular weight is 394 g/mol. The van der Waals surface area contributed by atoms with Crippen LogP contribution in [-0.2, 0) is 9.53 Å². The smallest absolute Gasteiger partial charge is 0.255 e. The van der Waals surface area contributed by atoms with Gasteiger partial charge in [0, 0.05) is 18.5 Å². The third kappa shape index (κ3) is 3.46. The maximum absolute atomic E-state index is 12.4. The molecule has 0 bridgehead atoms. The summed E-state index contributed by atoms with van der Waals surface area (Å²) in [7, 11) is 0. The number of carbonyl (C=O) groups excluding carboxylic acids is 2. The third-order valence-electron chi connectivity index (χ3n) is 2.86. The highest BCUT2D eigenvalue weighted by Gasteiger charge is 2.33. The van der Waals surface area contributed by atoms with Crippen molar-refractivity contribution in [3.8, 4) is 0 Å². The lowest BCUT2D eigenvalue weighted by Gasteiger charge is -2.34. The van der Waals surface area contributed by atoms with Crippen LogP contribution in [0.4, 0.5) is 0 Å². The van der Waals surface area contributed by atoms with E-state index in [0.717, 1.165) is 2.88 Å². The molecular weight excluding hydrogens is 379 g/mol.